The number of rotatable bonds is 3. The average molecular weight is 146 g/mol. The van der Waals surface area contributed by atoms with Gasteiger partial charge in [-0.1, -0.05) is 27.7 Å². The lowest BCUT2D eigenvalue weighted by Gasteiger charge is -2.20. The van der Waals surface area contributed by atoms with Gasteiger partial charge in [-0.15, -0.1) is 0 Å². The first-order valence-corrected chi connectivity index (χ1v) is 3.52. The summed E-state index contributed by atoms with van der Waals surface area (Å²) in [5.74, 6) is -0.0687. The van der Waals surface area contributed by atoms with Gasteiger partial charge >= 0.3 is 0 Å². The molecular weight excluding hydrogens is 131 g/mol. The van der Waals surface area contributed by atoms with Gasteiger partial charge in [-0.25, -0.2) is 0 Å². The minimum atomic E-state index is -0.784. The van der Waals surface area contributed by atoms with Gasteiger partial charge in [0, 0.05) is 5.92 Å². The summed E-state index contributed by atoms with van der Waals surface area (Å²) in [7, 11) is 0. The molecule has 0 atom stereocenters. The summed E-state index contributed by atoms with van der Waals surface area (Å²) in [6, 6.07) is 0. The fourth-order valence-electron chi connectivity index (χ4n) is 0.847. The molecule has 0 aromatic carbocycles. The maximum atomic E-state index is 12.2. The van der Waals surface area contributed by atoms with E-state index in [1.54, 1.807) is 27.7 Å². The number of carbonyl (C=O) groups is 1. The number of halogens is 1. The van der Waals surface area contributed by atoms with Gasteiger partial charge < -0.3 is 0 Å². The van der Waals surface area contributed by atoms with Crippen LogP contribution in [0.5, 0.6) is 0 Å². The number of hydrogen-bond donors (Lipinski definition) is 0. The van der Waals surface area contributed by atoms with Crippen LogP contribution in [-0.2, 0) is 4.79 Å². The molecular formula is C8H15FO. The first kappa shape index (κ1) is 9.60. The molecule has 0 saturated heterocycles. The Morgan fingerprint density at radius 1 is 1.50 bits per heavy atom. The third-order valence-corrected chi connectivity index (χ3v) is 1.53. The molecule has 0 aromatic heterocycles. The van der Waals surface area contributed by atoms with Gasteiger partial charge in [0.15, 0.2) is 0 Å². The Hall–Kier alpha value is -0.400. The SMILES string of the molecule is CC(C)C(=O)C(C)(C)CF. The first-order valence-electron chi connectivity index (χ1n) is 3.52. The number of alkyl halides is 1. The van der Waals surface area contributed by atoms with E-state index in [2.05, 4.69) is 0 Å². The van der Waals surface area contributed by atoms with E-state index in [9.17, 15) is 9.18 Å². The molecule has 0 heterocycles. The molecule has 0 rings (SSSR count). The van der Waals surface area contributed by atoms with E-state index in [-0.39, 0.29) is 11.7 Å². The summed E-state index contributed by atoms with van der Waals surface area (Å²) in [5.41, 5.74) is -0.784. The van der Waals surface area contributed by atoms with Crippen molar-refractivity contribution in [2.45, 2.75) is 27.7 Å². The van der Waals surface area contributed by atoms with Crippen LogP contribution in [0.2, 0.25) is 0 Å². The van der Waals surface area contributed by atoms with Gasteiger partial charge in [0.25, 0.3) is 0 Å². The molecule has 0 amide bonds. The van der Waals surface area contributed by atoms with Crippen molar-refractivity contribution >= 4 is 5.78 Å². The predicted octanol–water partition coefficient (Wildman–Crippen LogP) is 2.21. The van der Waals surface area contributed by atoms with Crippen LogP contribution >= 0.6 is 0 Å². The maximum absolute atomic E-state index is 12.2. The lowest BCUT2D eigenvalue weighted by atomic mass is 9.84. The molecule has 0 bridgehead atoms. The minimum Gasteiger partial charge on any atom is -0.299 e. The average Bonchev–Trinajstić information content (AvgIpc) is 1.86. The molecule has 0 aliphatic rings. The molecule has 0 N–H and O–H groups in total. The largest absolute Gasteiger partial charge is 0.299 e. The molecule has 0 spiro atoms. The lowest BCUT2D eigenvalue weighted by molar-refractivity contribution is -0.130. The van der Waals surface area contributed by atoms with E-state index < -0.39 is 12.1 Å². The molecule has 10 heavy (non-hydrogen) atoms. The summed E-state index contributed by atoms with van der Waals surface area (Å²) in [6.07, 6.45) is 0. The smallest absolute Gasteiger partial charge is 0.143 e. The van der Waals surface area contributed by atoms with Gasteiger partial charge in [0.2, 0.25) is 0 Å². The topological polar surface area (TPSA) is 17.1 Å². The van der Waals surface area contributed by atoms with Gasteiger partial charge in [-0.2, -0.15) is 0 Å². The molecule has 0 aliphatic heterocycles. The van der Waals surface area contributed by atoms with Crippen molar-refractivity contribution in [2.24, 2.45) is 11.3 Å². The van der Waals surface area contributed by atoms with Crippen molar-refractivity contribution in [1.82, 2.24) is 0 Å². The third-order valence-electron chi connectivity index (χ3n) is 1.53. The lowest BCUT2D eigenvalue weighted by Crippen LogP contribution is -2.30. The van der Waals surface area contributed by atoms with Crippen LogP contribution in [0.4, 0.5) is 4.39 Å². The number of Topliss-reactive ketones (excluding diaryl/α,β-unsaturated/α-hetero) is 1. The Morgan fingerprint density at radius 2 is 1.90 bits per heavy atom. The fraction of sp³-hybridized carbons (Fsp3) is 0.875. The summed E-state index contributed by atoms with van der Waals surface area (Å²) in [4.78, 5) is 11.2. The highest BCUT2D eigenvalue weighted by Crippen LogP contribution is 2.21. The third kappa shape index (κ3) is 2.09. The Balaban J connectivity index is 4.19. The standard InChI is InChI=1S/C8H15FO/c1-6(2)7(10)8(3,4)5-9/h6H,5H2,1-4H3. The molecule has 2 heteroatoms. The van der Waals surface area contributed by atoms with Crippen molar-refractivity contribution in [3.8, 4) is 0 Å². The molecule has 0 unspecified atom stereocenters. The van der Waals surface area contributed by atoms with Gasteiger partial charge in [-0.05, 0) is 0 Å². The summed E-state index contributed by atoms with van der Waals surface area (Å²) in [5, 5.41) is 0. The summed E-state index contributed by atoms with van der Waals surface area (Å²) >= 11 is 0. The van der Waals surface area contributed by atoms with Crippen LogP contribution in [0.1, 0.15) is 27.7 Å². The van der Waals surface area contributed by atoms with Crippen LogP contribution in [0.15, 0.2) is 0 Å². The minimum absolute atomic E-state index is 0.00463. The van der Waals surface area contributed by atoms with Gasteiger partial charge in [-0.3, -0.25) is 9.18 Å². The molecule has 0 aromatic rings. The zero-order valence-corrected chi connectivity index (χ0v) is 7.07. The number of ketones is 1. The Labute approximate surface area is 61.6 Å². The summed E-state index contributed by atoms with van der Waals surface area (Å²) < 4.78 is 12.2. The molecule has 0 radical (unpaired) electrons. The van der Waals surface area contributed by atoms with Crippen molar-refractivity contribution in [2.75, 3.05) is 6.67 Å². The fourth-order valence-corrected chi connectivity index (χ4v) is 0.847. The van der Waals surface area contributed by atoms with E-state index in [1.165, 1.54) is 0 Å². The van der Waals surface area contributed by atoms with E-state index >= 15 is 0 Å². The van der Waals surface area contributed by atoms with Crippen LogP contribution in [-0.4, -0.2) is 12.5 Å². The second-order valence-electron chi connectivity index (χ2n) is 3.54. The Bertz CT molecular complexity index is 127. The molecule has 0 fully saturated rings. The number of hydrogen-bond acceptors (Lipinski definition) is 1. The van der Waals surface area contributed by atoms with Crippen LogP contribution in [0.3, 0.4) is 0 Å². The molecule has 1 nitrogen and oxygen atoms in total. The number of carbonyl (C=O) groups excluding carboxylic acids is 1. The molecule has 0 saturated carbocycles. The van der Waals surface area contributed by atoms with Crippen LogP contribution in [0, 0.1) is 11.3 Å². The van der Waals surface area contributed by atoms with Crippen LogP contribution in [0.25, 0.3) is 0 Å². The highest BCUT2D eigenvalue weighted by Gasteiger charge is 2.28. The van der Waals surface area contributed by atoms with Crippen molar-refractivity contribution in [3.05, 3.63) is 0 Å². The van der Waals surface area contributed by atoms with Crippen molar-refractivity contribution in [3.63, 3.8) is 0 Å². The zero-order chi connectivity index (χ0) is 8.36. The van der Waals surface area contributed by atoms with Crippen molar-refractivity contribution < 1.29 is 9.18 Å². The van der Waals surface area contributed by atoms with Crippen molar-refractivity contribution in [1.29, 1.82) is 0 Å². The maximum Gasteiger partial charge on any atom is 0.143 e. The summed E-state index contributed by atoms with van der Waals surface area (Å²) in [6.45, 7) is 6.29. The molecule has 60 valence electrons. The molecule has 0 aliphatic carbocycles. The van der Waals surface area contributed by atoms with E-state index in [1.807, 2.05) is 0 Å². The van der Waals surface area contributed by atoms with E-state index in [0.29, 0.717) is 0 Å². The van der Waals surface area contributed by atoms with Gasteiger partial charge in [0.1, 0.15) is 12.5 Å². The normalized spacial score (nSPS) is 12.2. The first-order chi connectivity index (χ1) is 4.41. The predicted molar refractivity (Wildman–Crippen MR) is 39.6 cm³/mol. The quantitative estimate of drug-likeness (QED) is 0.596. The second-order valence-corrected chi connectivity index (χ2v) is 3.54. The Morgan fingerprint density at radius 3 is 2.00 bits per heavy atom. The Kier molecular flexibility index (Phi) is 3.00. The zero-order valence-electron chi connectivity index (χ0n) is 7.07. The van der Waals surface area contributed by atoms with Crippen LogP contribution < -0.4 is 0 Å². The van der Waals surface area contributed by atoms with Gasteiger partial charge in [0.05, 0.1) is 5.41 Å². The second kappa shape index (κ2) is 3.13. The highest BCUT2D eigenvalue weighted by atomic mass is 19.1. The monoisotopic (exact) mass is 146 g/mol. The highest BCUT2D eigenvalue weighted by molar-refractivity contribution is 5.85. The van der Waals surface area contributed by atoms with E-state index in [4.69, 9.17) is 0 Å². The van der Waals surface area contributed by atoms with E-state index in [0.717, 1.165) is 0 Å².